The van der Waals surface area contributed by atoms with E-state index in [0.717, 1.165) is 24.2 Å². The van der Waals surface area contributed by atoms with Gasteiger partial charge in [0.15, 0.2) is 0 Å². The molecule has 21 heavy (non-hydrogen) atoms. The van der Waals surface area contributed by atoms with Crippen molar-refractivity contribution >= 4 is 17.7 Å². The van der Waals surface area contributed by atoms with Crippen molar-refractivity contribution in [2.75, 3.05) is 18.6 Å². The number of carbonyl (C=O) groups excluding carboxylic acids is 1. The maximum atomic E-state index is 13.0. The first-order valence-electron chi connectivity index (χ1n) is 7.15. The van der Waals surface area contributed by atoms with Crippen LogP contribution in [0.25, 0.3) is 0 Å². The Morgan fingerprint density at radius 1 is 1.43 bits per heavy atom. The Labute approximate surface area is 129 Å². The van der Waals surface area contributed by atoms with Crippen molar-refractivity contribution in [1.29, 1.82) is 0 Å². The van der Waals surface area contributed by atoms with Crippen LogP contribution in [0.4, 0.5) is 4.39 Å². The van der Waals surface area contributed by atoms with E-state index >= 15 is 0 Å². The fourth-order valence-electron chi connectivity index (χ4n) is 2.39. The number of hydrogen-bond acceptors (Lipinski definition) is 3. The predicted molar refractivity (Wildman–Crippen MR) is 83.9 cm³/mol. The topological polar surface area (TPSA) is 49.3 Å². The van der Waals surface area contributed by atoms with Gasteiger partial charge in [0.25, 0.3) is 0 Å². The number of hydrogen-bond donors (Lipinski definition) is 2. The van der Waals surface area contributed by atoms with Crippen molar-refractivity contribution in [1.82, 2.24) is 5.32 Å². The molecule has 116 valence electrons. The first-order valence-corrected chi connectivity index (χ1v) is 8.55. The molecule has 1 aliphatic rings. The second-order valence-electron chi connectivity index (χ2n) is 6.01. The molecule has 1 aliphatic carbocycles. The number of carbonyl (C=O) groups is 1. The van der Waals surface area contributed by atoms with Gasteiger partial charge in [-0.3, -0.25) is 4.79 Å². The van der Waals surface area contributed by atoms with Crippen LogP contribution in [0.5, 0.6) is 0 Å². The van der Waals surface area contributed by atoms with Gasteiger partial charge in [0.2, 0.25) is 5.91 Å². The van der Waals surface area contributed by atoms with Gasteiger partial charge >= 0.3 is 0 Å². The lowest BCUT2D eigenvalue weighted by molar-refractivity contribution is -0.124. The maximum Gasteiger partial charge on any atom is 0.230 e. The fraction of sp³-hybridized carbons (Fsp3) is 0.562. The second kappa shape index (κ2) is 6.36. The summed E-state index contributed by atoms with van der Waals surface area (Å²) >= 11 is 1.67. The Bertz CT molecular complexity index is 498. The van der Waals surface area contributed by atoms with Crippen LogP contribution in [0.2, 0.25) is 0 Å². The van der Waals surface area contributed by atoms with Crippen LogP contribution >= 0.6 is 11.8 Å². The van der Waals surface area contributed by atoms with Gasteiger partial charge < -0.3 is 10.4 Å². The molecule has 0 radical (unpaired) electrons. The van der Waals surface area contributed by atoms with E-state index in [-0.39, 0.29) is 18.3 Å². The standard InChI is InChI=1S/C16H22FNO2S/c1-15(20,9-10-21-2)11-18-14(19)16(7-8-16)12-3-5-13(17)6-4-12/h3-6,20H,7-11H2,1-2H3,(H,18,19)/t15-/m0/s1. The average Bonchev–Trinajstić information content (AvgIpc) is 3.25. The van der Waals surface area contributed by atoms with Crippen LogP contribution in [-0.4, -0.2) is 35.2 Å². The minimum atomic E-state index is -0.891. The molecule has 1 saturated carbocycles. The van der Waals surface area contributed by atoms with E-state index in [1.54, 1.807) is 30.8 Å². The Hall–Kier alpha value is -1.07. The van der Waals surface area contributed by atoms with Crippen molar-refractivity contribution in [3.8, 4) is 0 Å². The molecule has 1 atom stereocenters. The number of benzene rings is 1. The van der Waals surface area contributed by atoms with Crippen LogP contribution in [0.3, 0.4) is 0 Å². The lowest BCUT2D eigenvalue weighted by Crippen LogP contribution is -2.44. The largest absolute Gasteiger partial charge is 0.388 e. The molecule has 0 unspecified atom stereocenters. The summed E-state index contributed by atoms with van der Waals surface area (Å²) in [6, 6.07) is 6.12. The van der Waals surface area contributed by atoms with E-state index in [9.17, 15) is 14.3 Å². The van der Waals surface area contributed by atoms with Crippen molar-refractivity contribution in [2.45, 2.75) is 37.2 Å². The van der Waals surface area contributed by atoms with Gasteiger partial charge in [-0.1, -0.05) is 12.1 Å². The zero-order valence-electron chi connectivity index (χ0n) is 12.5. The first-order chi connectivity index (χ1) is 9.89. The first kappa shape index (κ1) is 16.3. The third kappa shape index (κ3) is 3.98. The van der Waals surface area contributed by atoms with Crippen molar-refractivity contribution in [3.63, 3.8) is 0 Å². The van der Waals surface area contributed by atoms with E-state index in [1.807, 2.05) is 6.26 Å². The molecule has 0 aromatic heterocycles. The summed E-state index contributed by atoms with van der Waals surface area (Å²) < 4.78 is 13.0. The van der Waals surface area contributed by atoms with Crippen LogP contribution in [-0.2, 0) is 10.2 Å². The smallest absolute Gasteiger partial charge is 0.230 e. The van der Waals surface area contributed by atoms with Gasteiger partial charge in [-0.25, -0.2) is 4.39 Å². The SMILES string of the molecule is CSCC[C@](C)(O)CNC(=O)C1(c2ccc(F)cc2)CC1. The van der Waals surface area contributed by atoms with Gasteiger partial charge in [0, 0.05) is 6.54 Å². The molecular formula is C16H22FNO2S. The van der Waals surface area contributed by atoms with Crippen LogP contribution in [0, 0.1) is 5.82 Å². The summed E-state index contributed by atoms with van der Waals surface area (Å²) in [6.45, 7) is 1.98. The normalized spacial score (nSPS) is 18.9. The predicted octanol–water partition coefficient (Wildman–Crippen LogP) is 2.48. The molecule has 1 aromatic rings. The number of aliphatic hydroxyl groups is 1. The van der Waals surface area contributed by atoms with Gasteiger partial charge in [-0.2, -0.15) is 11.8 Å². The monoisotopic (exact) mass is 311 g/mol. The summed E-state index contributed by atoms with van der Waals surface area (Å²) in [6.07, 6.45) is 4.18. The highest BCUT2D eigenvalue weighted by molar-refractivity contribution is 7.98. The van der Waals surface area contributed by atoms with E-state index < -0.39 is 11.0 Å². The lowest BCUT2D eigenvalue weighted by atomic mass is 9.94. The van der Waals surface area contributed by atoms with Crippen molar-refractivity contribution < 1.29 is 14.3 Å². The van der Waals surface area contributed by atoms with E-state index in [0.29, 0.717) is 6.42 Å². The Balaban J connectivity index is 1.95. The lowest BCUT2D eigenvalue weighted by Gasteiger charge is -2.25. The van der Waals surface area contributed by atoms with E-state index in [4.69, 9.17) is 0 Å². The molecule has 1 aromatic carbocycles. The molecule has 0 spiro atoms. The molecule has 2 N–H and O–H groups in total. The molecular weight excluding hydrogens is 289 g/mol. The number of halogens is 1. The number of amides is 1. The highest BCUT2D eigenvalue weighted by Crippen LogP contribution is 2.48. The van der Waals surface area contributed by atoms with Crippen molar-refractivity contribution in [2.24, 2.45) is 0 Å². The maximum absolute atomic E-state index is 13.0. The van der Waals surface area contributed by atoms with Crippen LogP contribution in [0.15, 0.2) is 24.3 Å². The molecule has 2 rings (SSSR count). The summed E-state index contributed by atoms with van der Waals surface area (Å²) in [4.78, 5) is 12.4. The minimum Gasteiger partial charge on any atom is -0.388 e. The Morgan fingerprint density at radius 2 is 2.05 bits per heavy atom. The Morgan fingerprint density at radius 3 is 2.57 bits per heavy atom. The molecule has 0 aliphatic heterocycles. The Kier molecular flexibility index (Phi) is 4.94. The highest BCUT2D eigenvalue weighted by atomic mass is 32.2. The molecule has 3 nitrogen and oxygen atoms in total. The zero-order valence-corrected chi connectivity index (χ0v) is 13.3. The van der Waals surface area contributed by atoms with Crippen molar-refractivity contribution in [3.05, 3.63) is 35.6 Å². The second-order valence-corrected chi connectivity index (χ2v) is 7.00. The highest BCUT2D eigenvalue weighted by Gasteiger charge is 2.51. The van der Waals surface area contributed by atoms with Crippen LogP contribution < -0.4 is 5.32 Å². The number of thioether (sulfide) groups is 1. The molecule has 0 saturated heterocycles. The molecule has 5 heteroatoms. The van der Waals surface area contributed by atoms with Crippen LogP contribution in [0.1, 0.15) is 31.7 Å². The van der Waals surface area contributed by atoms with Gasteiger partial charge in [0.05, 0.1) is 11.0 Å². The zero-order chi connectivity index (χ0) is 15.5. The summed E-state index contributed by atoms with van der Waals surface area (Å²) in [5.74, 6) is 0.486. The molecule has 0 bridgehead atoms. The van der Waals surface area contributed by atoms with E-state index in [2.05, 4.69) is 5.32 Å². The quantitative estimate of drug-likeness (QED) is 0.813. The van der Waals surface area contributed by atoms with Gasteiger partial charge in [0.1, 0.15) is 5.82 Å². The fourth-order valence-corrected chi connectivity index (χ4v) is 3.03. The average molecular weight is 311 g/mol. The van der Waals surface area contributed by atoms with E-state index in [1.165, 1.54) is 12.1 Å². The third-order valence-corrected chi connectivity index (χ3v) is 4.67. The molecule has 1 amide bonds. The number of nitrogens with one attached hydrogen (secondary N) is 1. The number of rotatable bonds is 7. The molecule has 0 heterocycles. The summed E-state index contributed by atoms with van der Waals surface area (Å²) in [5.41, 5.74) is -0.564. The molecule has 1 fully saturated rings. The van der Waals surface area contributed by atoms with Gasteiger partial charge in [-0.15, -0.1) is 0 Å². The summed E-state index contributed by atoms with van der Waals surface area (Å²) in [5, 5.41) is 13.1. The summed E-state index contributed by atoms with van der Waals surface area (Å²) in [7, 11) is 0. The third-order valence-electron chi connectivity index (χ3n) is 4.06. The minimum absolute atomic E-state index is 0.0708. The van der Waals surface area contributed by atoms with Gasteiger partial charge in [-0.05, 0) is 55.9 Å².